The molecule has 0 saturated carbocycles. The Morgan fingerprint density at radius 3 is 2.44 bits per heavy atom. The van der Waals surface area contributed by atoms with Crippen LogP contribution in [0.5, 0.6) is 0 Å². The van der Waals surface area contributed by atoms with Gasteiger partial charge in [0.1, 0.15) is 0 Å². The first-order valence-corrected chi connectivity index (χ1v) is 8.14. The Kier molecular flexibility index (Phi) is 4.81. The molecule has 3 rings (SSSR count). The van der Waals surface area contributed by atoms with Crippen molar-refractivity contribution < 1.29 is 27.9 Å². The van der Waals surface area contributed by atoms with Gasteiger partial charge in [0.05, 0.1) is 35.1 Å². The molecule has 2 atom stereocenters. The van der Waals surface area contributed by atoms with E-state index in [-0.39, 0.29) is 0 Å². The molecule has 2 aromatic rings. The number of nitrogens with one attached hydrogen (secondary N) is 1. The van der Waals surface area contributed by atoms with Crippen LogP contribution in [0.25, 0.3) is 5.69 Å². The Morgan fingerprint density at radius 1 is 1.22 bits per heavy atom. The number of halogens is 3. The van der Waals surface area contributed by atoms with E-state index in [1.54, 1.807) is 13.1 Å². The Hall–Kier alpha value is -3.04. The lowest BCUT2D eigenvalue weighted by molar-refractivity contribution is -0.187. The van der Waals surface area contributed by atoms with E-state index in [1.165, 1.54) is 4.68 Å². The summed E-state index contributed by atoms with van der Waals surface area (Å²) in [6.45, 7) is 0.451. The highest BCUT2D eigenvalue weighted by Gasteiger charge is 2.53. The van der Waals surface area contributed by atoms with Crippen molar-refractivity contribution >= 4 is 17.7 Å². The van der Waals surface area contributed by atoms with Crippen molar-refractivity contribution in [2.24, 2.45) is 11.8 Å². The fourth-order valence-electron chi connectivity index (χ4n) is 3.04. The minimum atomic E-state index is -4.69. The van der Waals surface area contributed by atoms with Crippen LogP contribution >= 0.6 is 0 Å². The summed E-state index contributed by atoms with van der Waals surface area (Å²) < 4.78 is 40.7. The zero-order valence-corrected chi connectivity index (χ0v) is 14.3. The van der Waals surface area contributed by atoms with Crippen molar-refractivity contribution in [1.82, 2.24) is 14.7 Å². The van der Waals surface area contributed by atoms with Crippen LogP contribution in [0.3, 0.4) is 0 Å². The van der Waals surface area contributed by atoms with Crippen molar-refractivity contribution in [2.45, 2.75) is 13.1 Å². The van der Waals surface area contributed by atoms with Gasteiger partial charge in [-0.2, -0.15) is 18.3 Å². The Morgan fingerprint density at radius 2 is 1.89 bits per heavy atom. The van der Waals surface area contributed by atoms with E-state index in [2.05, 4.69) is 10.4 Å². The lowest BCUT2D eigenvalue weighted by Crippen LogP contribution is -2.35. The van der Waals surface area contributed by atoms with Crippen LogP contribution in [-0.2, 0) is 4.79 Å². The van der Waals surface area contributed by atoms with Gasteiger partial charge in [-0.3, -0.25) is 4.79 Å². The summed E-state index contributed by atoms with van der Waals surface area (Å²) in [5.74, 6) is -5.33. The van der Waals surface area contributed by atoms with E-state index in [1.807, 2.05) is 30.3 Å². The molecular weight excluding hydrogens is 365 g/mol. The van der Waals surface area contributed by atoms with Crippen LogP contribution < -0.4 is 5.32 Å². The SMILES string of the molecule is Cc1nn(-c2ccccc2)cc1NC(=O)N1C[C@@H](C(F)(F)F)[C@H](C(=O)O)C1. The van der Waals surface area contributed by atoms with Gasteiger partial charge in [-0.05, 0) is 19.1 Å². The molecule has 144 valence electrons. The van der Waals surface area contributed by atoms with Crippen LogP contribution in [0.2, 0.25) is 0 Å². The van der Waals surface area contributed by atoms with Gasteiger partial charge < -0.3 is 15.3 Å². The Labute approximate surface area is 152 Å². The summed E-state index contributed by atoms with van der Waals surface area (Å²) in [5.41, 5.74) is 1.57. The number of carboxylic acid groups (broad SMARTS) is 1. The second kappa shape index (κ2) is 6.93. The number of hydrogen-bond donors (Lipinski definition) is 2. The van der Waals surface area contributed by atoms with Gasteiger partial charge in [-0.25, -0.2) is 9.48 Å². The molecule has 10 heteroatoms. The third-order valence-electron chi connectivity index (χ3n) is 4.51. The molecule has 1 aliphatic heterocycles. The fourth-order valence-corrected chi connectivity index (χ4v) is 3.04. The molecule has 2 heterocycles. The number of carbonyl (C=O) groups excluding carboxylic acids is 1. The molecule has 2 N–H and O–H groups in total. The van der Waals surface area contributed by atoms with Crippen LogP contribution in [0.15, 0.2) is 36.5 Å². The van der Waals surface area contributed by atoms with Crippen LogP contribution in [-0.4, -0.2) is 51.1 Å². The molecule has 0 aliphatic carbocycles. The van der Waals surface area contributed by atoms with Gasteiger partial charge in [-0.15, -0.1) is 0 Å². The number of aliphatic carboxylic acids is 1. The lowest BCUT2D eigenvalue weighted by atomic mass is 9.96. The number of hydrogen-bond acceptors (Lipinski definition) is 3. The van der Waals surface area contributed by atoms with E-state index in [0.29, 0.717) is 11.4 Å². The number of aryl methyl sites for hydroxylation is 1. The normalized spacial score (nSPS) is 19.9. The molecule has 27 heavy (non-hydrogen) atoms. The molecule has 2 amide bonds. The quantitative estimate of drug-likeness (QED) is 0.855. The number of rotatable bonds is 3. The zero-order valence-electron chi connectivity index (χ0n) is 14.3. The standard InChI is InChI=1S/C17H17F3N4O3/c1-10-14(9-24(22-10)11-5-3-2-4-6-11)21-16(27)23-7-12(15(25)26)13(8-23)17(18,19)20/h2-6,9,12-13H,7-8H2,1H3,(H,21,27)(H,25,26)/t12-,13-/m1/s1. The molecule has 1 fully saturated rings. The molecule has 1 saturated heterocycles. The average molecular weight is 382 g/mol. The Balaban J connectivity index is 1.75. The van der Waals surface area contributed by atoms with E-state index in [4.69, 9.17) is 5.11 Å². The maximum atomic E-state index is 13.1. The molecule has 0 spiro atoms. The number of nitrogens with zero attached hydrogens (tertiary/aromatic N) is 3. The van der Waals surface area contributed by atoms with Crippen molar-refractivity contribution in [3.05, 3.63) is 42.2 Å². The first kappa shape index (κ1) is 18.7. The highest BCUT2D eigenvalue weighted by Crippen LogP contribution is 2.38. The molecule has 1 aromatic heterocycles. The second-order valence-electron chi connectivity index (χ2n) is 6.34. The number of alkyl halides is 3. The van der Waals surface area contributed by atoms with E-state index < -0.39 is 43.1 Å². The number of urea groups is 1. The molecule has 7 nitrogen and oxygen atoms in total. The monoisotopic (exact) mass is 382 g/mol. The molecule has 0 unspecified atom stereocenters. The number of carbonyl (C=O) groups is 2. The molecule has 1 aromatic carbocycles. The molecule has 0 bridgehead atoms. The van der Waals surface area contributed by atoms with E-state index >= 15 is 0 Å². The van der Waals surface area contributed by atoms with Crippen LogP contribution in [0.1, 0.15) is 5.69 Å². The second-order valence-corrected chi connectivity index (χ2v) is 6.34. The molecule has 1 aliphatic rings. The van der Waals surface area contributed by atoms with E-state index in [9.17, 15) is 22.8 Å². The predicted octanol–water partition coefficient (Wildman–Crippen LogP) is 2.91. The van der Waals surface area contributed by atoms with Crippen molar-refractivity contribution in [3.8, 4) is 5.69 Å². The van der Waals surface area contributed by atoms with Crippen molar-refractivity contribution in [1.29, 1.82) is 0 Å². The maximum Gasteiger partial charge on any atom is 0.394 e. The molecular formula is C17H17F3N4O3. The zero-order chi connectivity index (χ0) is 19.8. The summed E-state index contributed by atoms with van der Waals surface area (Å²) in [6.07, 6.45) is -3.14. The van der Waals surface area contributed by atoms with Crippen molar-refractivity contribution in [3.63, 3.8) is 0 Å². The number of carboxylic acids is 1. The number of amides is 2. The highest BCUT2D eigenvalue weighted by atomic mass is 19.4. The van der Waals surface area contributed by atoms with Gasteiger partial charge >= 0.3 is 18.2 Å². The smallest absolute Gasteiger partial charge is 0.394 e. The van der Waals surface area contributed by atoms with Gasteiger partial charge in [0, 0.05) is 13.1 Å². The predicted molar refractivity (Wildman–Crippen MR) is 89.6 cm³/mol. The summed E-state index contributed by atoms with van der Waals surface area (Å²) in [7, 11) is 0. The summed E-state index contributed by atoms with van der Waals surface area (Å²) in [4.78, 5) is 24.4. The highest BCUT2D eigenvalue weighted by molar-refractivity contribution is 5.90. The third kappa shape index (κ3) is 3.88. The number of aromatic nitrogens is 2. The van der Waals surface area contributed by atoms with Gasteiger partial charge in [0.15, 0.2) is 0 Å². The minimum Gasteiger partial charge on any atom is -0.481 e. The minimum absolute atomic E-state index is 0.339. The lowest BCUT2D eigenvalue weighted by Gasteiger charge is -2.18. The summed E-state index contributed by atoms with van der Waals surface area (Å²) in [6, 6.07) is 8.30. The van der Waals surface area contributed by atoms with Crippen LogP contribution in [0.4, 0.5) is 23.7 Å². The first-order chi connectivity index (χ1) is 12.7. The fraction of sp³-hybridized carbons (Fsp3) is 0.353. The largest absolute Gasteiger partial charge is 0.481 e. The number of anilines is 1. The average Bonchev–Trinajstić information content (AvgIpc) is 3.20. The van der Waals surface area contributed by atoms with Gasteiger partial charge in [-0.1, -0.05) is 18.2 Å². The summed E-state index contributed by atoms with van der Waals surface area (Å²) in [5, 5.41) is 15.8. The Bertz CT molecular complexity index is 851. The third-order valence-corrected chi connectivity index (χ3v) is 4.51. The van der Waals surface area contributed by atoms with Crippen molar-refractivity contribution in [2.75, 3.05) is 18.4 Å². The first-order valence-electron chi connectivity index (χ1n) is 8.14. The summed E-state index contributed by atoms with van der Waals surface area (Å²) >= 11 is 0. The van der Waals surface area contributed by atoms with E-state index in [0.717, 1.165) is 10.6 Å². The number of benzene rings is 1. The van der Waals surface area contributed by atoms with Gasteiger partial charge in [0.25, 0.3) is 0 Å². The van der Waals surface area contributed by atoms with Crippen LogP contribution in [0, 0.1) is 18.8 Å². The maximum absolute atomic E-state index is 13.1. The molecule has 0 radical (unpaired) electrons. The van der Waals surface area contributed by atoms with Gasteiger partial charge in [0.2, 0.25) is 0 Å². The number of para-hydroxylation sites is 1. The number of likely N-dealkylation sites (tertiary alicyclic amines) is 1. The topological polar surface area (TPSA) is 87.5 Å².